The first-order valence-corrected chi connectivity index (χ1v) is 5.37. The zero-order chi connectivity index (χ0) is 10.1. The minimum absolute atomic E-state index is 0.196. The van der Waals surface area contributed by atoms with Crippen LogP contribution < -0.4 is 0 Å². The molecule has 2 nitrogen and oxygen atoms in total. The van der Waals surface area contributed by atoms with Gasteiger partial charge in [0, 0.05) is 35.6 Å². The third-order valence-corrected chi connectivity index (χ3v) is 3.11. The van der Waals surface area contributed by atoms with Crippen molar-refractivity contribution >= 4 is 26.8 Å². The van der Waals surface area contributed by atoms with Crippen LogP contribution in [0.4, 0.5) is 0 Å². The zero-order valence-electron chi connectivity index (χ0n) is 8.00. The minimum atomic E-state index is 0.196. The van der Waals surface area contributed by atoms with Crippen LogP contribution in [-0.4, -0.2) is 16.3 Å². The summed E-state index contributed by atoms with van der Waals surface area (Å²) in [6, 6.07) is 8.26. The Kier molecular flexibility index (Phi) is 2.61. The van der Waals surface area contributed by atoms with Gasteiger partial charge in [0.15, 0.2) is 0 Å². The predicted octanol–water partition coefficient (Wildman–Crippen LogP) is 2.48. The molecule has 74 valence electrons. The van der Waals surface area contributed by atoms with Gasteiger partial charge in [0.1, 0.15) is 0 Å². The van der Waals surface area contributed by atoms with Crippen LogP contribution in [-0.2, 0) is 13.5 Å². The molecule has 0 amide bonds. The molecule has 0 spiro atoms. The second-order valence-corrected chi connectivity index (χ2v) is 4.20. The smallest absolute Gasteiger partial charge is 0.0624 e. The van der Waals surface area contributed by atoms with Crippen LogP contribution in [0.3, 0.4) is 0 Å². The van der Waals surface area contributed by atoms with Gasteiger partial charge in [-0.25, -0.2) is 0 Å². The normalized spacial score (nSPS) is 11.1. The molecule has 1 N–H and O–H groups in total. The fraction of sp³-hybridized carbons (Fsp3) is 0.273. The molecule has 14 heavy (non-hydrogen) atoms. The van der Waals surface area contributed by atoms with Gasteiger partial charge in [-0.3, -0.25) is 0 Å². The van der Waals surface area contributed by atoms with Crippen molar-refractivity contribution in [2.75, 3.05) is 6.61 Å². The summed E-state index contributed by atoms with van der Waals surface area (Å²) in [7, 11) is 2.03. The van der Waals surface area contributed by atoms with Gasteiger partial charge in [-0.1, -0.05) is 12.1 Å². The number of benzene rings is 1. The van der Waals surface area contributed by atoms with Crippen LogP contribution in [0.15, 0.2) is 28.7 Å². The molecule has 0 atom stereocenters. The molecule has 0 aliphatic carbocycles. The molecule has 3 heteroatoms. The lowest BCUT2D eigenvalue weighted by Crippen LogP contribution is -1.98. The van der Waals surface area contributed by atoms with Crippen molar-refractivity contribution in [3.05, 3.63) is 34.4 Å². The molecule has 1 aromatic heterocycles. The molecule has 0 unspecified atom stereocenters. The van der Waals surface area contributed by atoms with E-state index in [4.69, 9.17) is 5.11 Å². The van der Waals surface area contributed by atoms with Crippen molar-refractivity contribution < 1.29 is 5.11 Å². The number of aliphatic hydroxyl groups excluding tert-OH is 1. The Morgan fingerprint density at radius 2 is 2.21 bits per heavy atom. The maximum absolute atomic E-state index is 8.91. The Morgan fingerprint density at radius 1 is 1.43 bits per heavy atom. The summed E-state index contributed by atoms with van der Waals surface area (Å²) in [6.45, 7) is 0.196. The fourth-order valence-corrected chi connectivity index (χ4v) is 2.42. The van der Waals surface area contributed by atoms with Gasteiger partial charge in [0.25, 0.3) is 0 Å². The second kappa shape index (κ2) is 3.75. The first kappa shape index (κ1) is 9.74. The Labute approximate surface area is 91.3 Å². The van der Waals surface area contributed by atoms with Crippen molar-refractivity contribution in [2.45, 2.75) is 6.42 Å². The number of nitrogens with zero attached hydrogens (tertiary/aromatic N) is 1. The average Bonchev–Trinajstić information content (AvgIpc) is 2.46. The molecule has 0 saturated heterocycles. The van der Waals surface area contributed by atoms with Gasteiger partial charge in [0.05, 0.1) is 5.52 Å². The lowest BCUT2D eigenvalue weighted by molar-refractivity contribution is 0.297. The molecule has 0 saturated carbocycles. The molecule has 1 heterocycles. The van der Waals surface area contributed by atoms with E-state index < -0.39 is 0 Å². The van der Waals surface area contributed by atoms with E-state index in [0.29, 0.717) is 6.42 Å². The predicted molar refractivity (Wildman–Crippen MR) is 61.4 cm³/mol. The fourth-order valence-electron chi connectivity index (χ4n) is 1.78. The van der Waals surface area contributed by atoms with Crippen LogP contribution in [0.1, 0.15) is 5.69 Å². The van der Waals surface area contributed by atoms with Gasteiger partial charge in [-0.15, -0.1) is 0 Å². The highest BCUT2D eigenvalue weighted by Crippen LogP contribution is 2.26. The molecule has 2 aromatic rings. The summed E-state index contributed by atoms with van der Waals surface area (Å²) in [5.41, 5.74) is 2.35. The van der Waals surface area contributed by atoms with Gasteiger partial charge >= 0.3 is 0 Å². The van der Waals surface area contributed by atoms with Gasteiger partial charge in [0.2, 0.25) is 0 Å². The summed E-state index contributed by atoms with van der Waals surface area (Å²) in [4.78, 5) is 0. The van der Waals surface area contributed by atoms with Crippen molar-refractivity contribution in [3.63, 3.8) is 0 Å². The monoisotopic (exact) mass is 253 g/mol. The zero-order valence-corrected chi connectivity index (χ0v) is 9.58. The van der Waals surface area contributed by atoms with Crippen molar-refractivity contribution in [3.8, 4) is 0 Å². The number of fused-ring (bicyclic) bond motifs is 1. The van der Waals surface area contributed by atoms with E-state index in [-0.39, 0.29) is 6.61 Å². The first-order valence-electron chi connectivity index (χ1n) is 4.57. The third-order valence-electron chi connectivity index (χ3n) is 2.47. The van der Waals surface area contributed by atoms with Crippen LogP contribution in [0.25, 0.3) is 10.9 Å². The average molecular weight is 254 g/mol. The first-order chi connectivity index (χ1) is 6.74. The van der Waals surface area contributed by atoms with E-state index in [1.807, 2.05) is 19.2 Å². The van der Waals surface area contributed by atoms with Crippen LogP contribution in [0, 0.1) is 0 Å². The van der Waals surface area contributed by atoms with E-state index >= 15 is 0 Å². The highest BCUT2D eigenvalue weighted by atomic mass is 79.9. The number of aryl methyl sites for hydroxylation is 1. The maximum Gasteiger partial charge on any atom is 0.0624 e. The van der Waals surface area contributed by atoms with Gasteiger partial charge < -0.3 is 9.67 Å². The van der Waals surface area contributed by atoms with Crippen LogP contribution in [0.2, 0.25) is 0 Å². The Bertz CT molecular complexity index is 462. The van der Waals surface area contributed by atoms with E-state index in [0.717, 1.165) is 10.2 Å². The highest BCUT2D eigenvalue weighted by Gasteiger charge is 2.07. The van der Waals surface area contributed by atoms with Gasteiger partial charge in [-0.05, 0) is 28.1 Å². The molecule has 0 aliphatic rings. The van der Waals surface area contributed by atoms with E-state index in [2.05, 4.69) is 32.6 Å². The standard InChI is InChI=1S/C11H12BrNO/c1-13-9(5-6-14)7-8-3-2-4-10(12)11(8)13/h2-4,7,14H,5-6H2,1H3. The van der Waals surface area contributed by atoms with Crippen LogP contribution in [0.5, 0.6) is 0 Å². The third kappa shape index (κ3) is 1.47. The Hall–Kier alpha value is -0.800. The van der Waals surface area contributed by atoms with E-state index in [1.54, 1.807) is 0 Å². The Morgan fingerprint density at radius 3 is 2.86 bits per heavy atom. The second-order valence-electron chi connectivity index (χ2n) is 3.35. The summed E-state index contributed by atoms with van der Waals surface area (Å²) < 4.78 is 3.22. The molecular weight excluding hydrogens is 242 g/mol. The molecule has 1 aromatic carbocycles. The molecule has 0 aliphatic heterocycles. The number of para-hydroxylation sites is 1. The largest absolute Gasteiger partial charge is 0.396 e. The summed E-state index contributed by atoms with van der Waals surface area (Å²) >= 11 is 3.53. The Balaban J connectivity index is 2.68. The highest BCUT2D eigenvalue weighted by molar-refractivity contribution is 9.10. The number of aromatic nitrogens is 1. The minimum Gasteiger partial charge on any atom is -0.396 e. The molecule has 2 rings (SSSR count). The maximum atomic E-state index is 8.91. The summed E-state index contributed by atoms with van der Waals surface area (Å²) in [5, 5.41) is 10.1. The quantitative estimate of drug-likeness (QED) is 0.875. The molecule has 0 fully saturated rings. The number of aliphatic hydroxyl groups is 1. The molecular formula is C11H12BrNO. The van der Waals surface area contributed by atoms with Crippen molar-refractivity contribution in [2.24, 2.45) is 7.05 Å². The number of hydrogen-bond acceptors (Lipinski definition) is 1. The van der Waals surface area contributed by atoms with Crippen molar-refractivity contribution in [1.82, 2.24) is 4.57 Å². The van der Waals surface area contributed by atoms with Crippen LogP contribution >= 0.6 is 15.9 Å². The number of rotatable bonds is 2. The van der Waals surface area contributed by atoms with E-state index in [9.17, 15) is 0 Å². The number of hydrogen-bond donors (Lipinski definition) is 1. The lowest BCUT2D eigenvalue weighted by Gasteiger charge is -2.03. The van der Waals surface area contributed by atoms with E-state index in [1.165, 1.54) is 10.9 Å². The number of halogens is 1. The summed E-state index contributed by atoms with van der Waals surface area (Å²) in [5.74, 6) is 0. The van der Waals surface area contributed by atoms with Gasteiger partial charge in [-0.2, -0.15) is 0 Å². The summed E-state index contributed by atoms with van der Waals surface area (Å²) in [6.07, 6.45) is 0.706. The molecule has 0 bridgehead atoms. The molecule has 0 radical (unpaired) electrons. The SMILES string of the molecule is Cn1c(CCO)cc2cccc(Br)c21. The van der Waals surface area contributed by atoms with Crippen molar-refractivity contribution in [1.29, 1.82) is 0 Å². The topological polar surface area (TPSA) is 25.2 Å². The lowest BCUT2D eigenvalue weighted by atomic mass is 10.2.